The molecule has 1 unspecified atom stereocenters. The molecule has 0 radical (unpaired) electrons. The van der Waals surface area contributed by atoms with Crippen LogP contribution in [0.25, 0.3) is 0 Å². The highest BCUT2D eigenvalue weighted by molar-refractivity contribution is 7.12. The summed E-state index contributed by atoms with van der Waals surface area (Å²) in [4.78, 5) is 2.73. The van der Waals surface area contributed by atoms with Gasteiger partial charge in [0.1, 0.15) is 0 Å². The molecule has 0 saturated carbocycles. The molecule has 0 aliphatic heterocycles. The van der Waals surface area contributed by atoms with Crippen LogP contribution < -0.4 is 11.3 Å². The lowest BCUT2D eigenvalue weighted by Crippen LogP contribution is -2.29. The first-order valence-corrected chi connectivity index (χ1v) is 7.56. The molecular formula is C16H22N2S. The third-order valence-electron chi connectivity index (χ3n) is 3.50. The SMILES string of the molecule is CCc1ccc(C(Cc2cc(C)ccc2C)NN)s1. The molecule has 0 aliphatic rings. The molecule has 0 saturated heterocycles. The number of nitrogens with two attached hydrogens (primary N) is 1. The average molecular weight is 274 g/mol. The van der Waals surface area contributed by atoms with E-state index < -0.39 is 0 Å². The molecule has 102 valence electrons. The number of hydrogen-bond donors (Lipinski definition) is 2. The van der Waals surface area contributed by atoms with Crippen molar-refractivity contribution in [3.8, 4) is 0 Å². The van der Waals surface area contributed by atoms with Crippen LogP contribution in [-0.4, -0.2) is 0 Å². The van der Waals surface area contributed by atoms with E-state index in [2.05, 4.69) is 56.5 Å². The zero-order chi connectivity index (χ0) is 13.8. The molecule has 0 spiro atoms. The van der Waals surface area contributed by atoms with E-state index >= 15 is 0 Å². The van der Waals surface area contributed by atoms with Gasteiger partial charge in [-0.3, -0.25) is 11.3 Å². The molecular weight excluding hydrogens is 252 g/mol. The van der Waals surface area contributed by atoms with Crippen LogP contribution in [0.5, 0.6) is 0 Å². The largest absolute Gasteiger partial charge is 0.271 e. The van der Waals surface area contributed by atoms with Crippen LogP contribution in [0.3, 0.4) is 0 Å². The Kier molecular flexibility index (Phi) is 4.75. The van der Waals surface area contributed by atoms with Crippen molar-refractivity contribution in [2.24, 2.45) is 5.84 Å². The topological polar surface area (TPSA) is 38.0 Å². The van der Waals surface area contributed by atoms with Crippen LogP contribution in [0.15, 0.2) is 30.3 Å². The first-order valence-electron chi connectivity index (χ1n) is 6.75. The van der Waals surface area contributed by atoms with Crippen LogP contribution in [0, 0.1) is 13.8 Å². The molecule has 3 N–H and O–H groups in total. The zero-order valence-electron chi connectivity index (χ0n) is 11.9. The minimum atomic E-state index is 0.200. The molecule has 19 heavy (non-hydrogen) atoms. The number of hydrogen-bond acceptors (Lipinski definition) is 3. The van der Waals surface area contributed by atoms with Gasteiger partial charge in [0.25, 0.3) is 0 Å². The minimum Gasteiger partial charge on any atom is -0.271 e. The summed E-state index contributed by atoms with van der Waals surface area (Å²) >= 11 is 1.85. The van der Waals surface area contributed by atoms with Gasteiger partial charge >= 0.3 is 0 Å². The Bertz CT molecular complexity index is 545. The van der Waals surface area contributed by atoms with E-state index in [1.807, 2.05) is 11.3 Å². The second-order valence-corrected chi connectivity index (χ2v) is 6.21. The van der Waals surface area contributed by atoms with Crippen molar-refractivity contribution in [2.45, 2.75) is 39.7 Å². The van der Waals surface area contributed by atoms with Gasteiger partial charge in [-0.25, -0.2) is 0 Å². The number of thiophene rings is 1. The van der Waals surface area contributed by atoms with Gasteiger partial charge in [-0.2, -0.15) is 0 Å². The van der Waals surface area contributed by atoms with Crippen molar-refractivity contribution >= 4 is 11.3 Å². The highest BCUT2D eigenvalue weighted by Crippen LogP contribution is 2.27. The van der Waals surface area contributed by atoms with Crippen LogP contribution in [0.1, 0.15) is 39.4 Å². The van der Waals surface area contributed by atoms with Crippen molar-refractivity contribution in [1.29, 1.82) is 0 Å². The number of nitrogens with one attached hydrogen (secondary N) is 1. The molecule has 2 rings (SSSR count). The van der Waals surface area contributed by atoms with Crippen molar-refractivity contribution in [1.82, 2.24) is 5.43 Å². The van der Waals surface area contributed by atoms with Crippen molar-refractivity contribution in [2.75, 3.05) is 0 Å². The van der Waals surface area contributed by atoms with Crippen LogP contribution in [0.2, 0.25) is 0 Å². The van der Waals surface area contributed by atoms with E-state index in [-0.39, 0.29) is 6.04 Å². The Labute approximate surface area is 119 Å². The van der Waals surface area contributed by atoms with E-state index in [1.165, 1.54) is 26.4 Å². The van der Waals surface area contributed by atoms with Crippen molar-refractivity contribution in [3.63, 3.8) is 0 Å². The Hall–Kier alpha value is -1.16. The van der Waals surface area contributed by atoms with Crippen molar-refractivity contribution < 1.29 is 0 Å². The average Bonchev–Trinajstić information content (AvgIpc) is 2.88. The summed E-state index contributed by atoms with van der Waals surface area (Å²) in [5, 5.41) is 0. The number of aryl methyl sites for hydroxylation is 3. The number of rotatable bonds is 5. The molecule has 1 aromatic heterocycles. The first-order chi connectivity index (χ1) is 9.13. The summed E-state index contributed by atoms with van der Waals surface area (Å²) in [7, 11) is 0. The first kappa shape index (κ1) is 14.3. The molecule has 1 aromatic carbocycles. The quantitative estimate of drug-likeness (QED) is 0.645. The Balaban J connectivity index is 2.21. The zero-order valence-corrected chi connectivity index (χ0v) is 12.7. The Morgan fingerprint density at radius 2 is 2.00 bits per heavy atom. The third-order valence-corrected chi connectivity index (χ3v) is 4.85. The molecule has 2 nitrogen and oxygen atoms in total. The summed E-state index contributed by atoms with van der Waals surface area (Å²) in [5.41, 5.74) is 6.97. The van der Waals surface area contributed by atoms with E-state index in [1.54, 1.807) is 0 Å². The van der Waals surface area contributed by atoms with Crippen LogP contribution >= 0.6 is 11.3 Å². The maximum atomic E-state index is 5.75. The lowest BCUT2D eigenvalue weighted by atomic mass is 9.98. The fraction of sp³-hybridized carbons (Fsp3) is 0.375. The highest BCUT2D eigenvalue weighted by Gasteiger charge is 2.14. The van der Waals surface area contributed by atoms with Gasteiger partial charge in [0.2, 0.25) is 0 Å². The Morgan fingerprint density at radius 1 is 1.21 bits per heavy atom. The number of hydrazine groups is 1. The van der Waals surface area contributed by atoms with E-state index in [0.717, 1.165) is 12.8 Å². The van der Waals surface area contributed by atoms with Crippen LogP contribution in [-0.2, 0) is 12.8 Å². The number of benzene rings is 1. The molecule has 1 atom stereocenters. The molecule has 1 heterocycles. The predicted molar refractivity (Wildman–Crippen MR) is 83.4 cm³/mol. The van der Waals surface area contributed by atoms with Crippen LogP contribution in [0.4, 0.5) is 0 Å². The molecule has 0 bridgehead atoms. The van der Waals surface area contributed by atoms with E-state index in [0.29, 0.717) is 0 Å². The summed E-state index contributed by atoms with van der Waals surface area (Å²) in [6.07, 6.45) is 2.03. The molecule has 0 aliphatic carbocycles. The lowest BCUT2D eigenvalue weighted by molar-refractivity contribution is 0.559. The van der Waals surface area contributed by atoms with Gasteiger partial charge in [0.15, 0.2) is 0 Å². The fourth-order valence-corrected chi connectivity index (χ4v) is 3.27. The molecule has 0 fully saturated rings. The fourth-order valence-electron chi connectivity index (χ4n) is 2.25. The van der Waals surface area contributed by atoms with Gasteiger partial charge in [-0.1, -0.05) is 30.7 Å². The Morgan fingerprint density at radius 3 is 2.63 bits per heavy atom. The second kappa shape index (κ2) is 6.33. The minimum absolute atomic E-state index is 0.200. The smallest absolute Gasteiger partial charge is 0.0593 e. The predicted octanol–water partition coefficient (Wildman–Crippen LogP) is 3.67. The summed E-state index contributed by atoms with van der Waals surface area (Å²) in [5.74, 6) is 5.75. The van der Waals surface area contributed by atoms with Gasteiger partial charge < -0.3 is 0 Å². The monoisotopic (exact) mass is 274 g/mol. The molecule has 3 heteroatoms. The van der Waals surface area contributed by atoms with Gasteiger partial charge in [-0.05, 0) is 49.9 Å². The lowest BCUT2D eigenvalue weighted by Gasteiger charge is -2.16. The summed E-state index contributed by atoms with van der Waals surface area (Å²) in [6, 6.07) is 11.2. The highest BCUT2D eigenvalue weighted by atomic mass is 32.1. The normalized spacial score (nSPS) is 12.6. The van der Waals surface area contributed by atoms with Crippen molar-refractivity contribution in [3.05, 3.63) is 56.8 Å². The summed E-state index contributed by atoms with van der Waals surface area (Å²) in [6.45, 7) is 6.48. The van der Waals surface area contributed by atoms with Gasteiger partial charge in [-0.15, -0.1) is 11.3 Å². The molecule has 0 amide bonds. The van der Waals surface area contributed by atoms with E-state index in [9.17, 15) is 0 Å². The second-order valence-electron chi connectivity index (χ2n) is 5.01. The standard InChI is InChI=1S/C16H22N2S/c1-4-14-7-8-16(19-14)15(18-17)10-13-9-11(2)5-6-12(13)3/h5-9,15,18H,4,10,17H2,1-3H3. The van der Waals surface area contributed by atoms with Gasteiger partial charge in [0.05, 0.1) is 6.04 Å². The summed E-state index contributed by atoms with van der Waals surface area (Å²) < 4.78 is 0. The third kappa shape index (κ3) is 3.44. The molecule has 2 aromatic rings. The maximum absolute atomic E-state index is 5.75. The van der Waals surface area contributed by atoms with Gasteiger partial charge in [0, 0.05) is 9.75 Å². The van der Waals surface area contributed by atoms with E-state index in [4.69, 9.17) is 5.84 Å². The maximum Gasteiger partial charge on any atom is 0.0593 e.